The van der Waals surface area contributed by atoms with Crippen LogP contribution in [0.25, 0.3) is 22.1 Å². The summed E-state index contributed by atoms with van der Waals surface area (Å²) in [6.45, 7) is 7.77. The van der Waals surface area contributed by atoms with Crippen molar-refractivity contribution in [1.82, 2.24) is 29.0 Å². The number of hydrogen-bond donors (Lipinski definition) is 0. The zero-order valence-corrected chi connectivity index (χ0v) is 23.2. The van der Waals surface area contributed by atoms with Gasteiger partial charge in [-0.1, -0.05) is 30.3 Å². The fourth-order valence-electron chi connectivity index (χ4n) is 6.51. The van der Waals surface area contributed by atoms with Crippen molar-refractivity contribution in [2.75, 3.05) is 6.54 Å². The minimum Gasteiger partial charge on any atom is -0.443 e. The minimum atomic E-state index is -0.622. The zero-order valence-electron chi connectivity index (χ0n) is 23.2. The summed E-state index contributed by atoms with van der Waals surface area (Å²) >= 11 is 0. The van der Waals surface area contributed by atoms with Crippen molar-refractivity contribution in [3.8, 4) is 0 Å². The molecule has 204 valence electrons. The quantitative estimate of drug-likeness (QED) is 0.276. The molecule has 0 radical (unpaired) electrons. The molecule has 2 aliphatic rings. The van der Waals surface area contributed by atoms with Crippen LogP contribution in [-0.2, 0) is 24.2 Å². The average Bonchev–Trinajstić information content (AvgIpc) is 3.62. The topological polar surface area (TPSA) is 78.1 Å². The van der Waals surface area contributed by atoms with E-state index in [1.807, 2.05) is 63.4 Å². The molecule has 8 heteroatoms. The first-order valence-corrected chi connectivity index (χ1v) is 14.2. The number of imidazole rings is 2. The minimum absolute atomic E-state index is 0.310. The van der Waals surface area contributed by atoms with Gasteiger partial charge < -0.3 is 9.30 Å². The predicted molar refractivity (Wildman–Crippen MR) is 154 cm³/mol. The summed E-state index contributed by atoms with van der Waals surface area (Å²) in [5.41, 5.74) is 5.45. The lowest BCUT2D eigenvalue weighted by Gasteiger charge is -2.32. The van der Waals surface area contributed by atoms with Crippen LogP contribution in [0.15, 0.2) is 66.9 Å². The molecule has 5 aromatic rings. The van der Waals surface area contributed by atoms with Crippen LogP contribution in [0.5, 0.6) is 0 Å². The number of para-hydroxylation sites is 4. The summed E-state index contributed by atoms with van der Waals surface area (Å²) in [4.78, 5) is 30.8. The van der Waals surface area contributed by atoms with Crippen molar-refractivity contribution in [2.24, 2.45) is 5.92 Å². The van der Waals surface area contributed by atoms with E-state index in [0.717, 1.165) is 40.9 Å². The van der Waals surface area contributed by atoms with E-state index in [0.29, 0.717) is 30.9 Å². The van der Waals surface area contributed by atoms with Gasteiger partial charge in [0.15, 0.2) is 0 Å². The highest BCUT2D eigenvalue weighted by molar-refractivity contribution is 5.87. The number of hydrogen-bond acceptors (Lipinski definition) is 6. The Labute approximate surface area is 233 Å². The Bertz CT molecular complexity index is 1730. The van der Waals surface area contributed by atoms with Gasteiger partial charge in [0.05, 0.1) is 46.9 Å². The number of carbonyl (C=O) groups excluding carboxylic acids is 1. The number of rotatable bonds is 4. The van der Waals surface area contributed by atoms with Crippen molar-refractivity contribution in [1.29, 1.82) is 0 Å². The van der Waals surface area contributed by atoms with Gasteiger partial charge >= 0.3 is 6.09 Å². The van der Waals surface area contributed by atoms with Gasteiger partial charge in [-0.15, -0.1) is 0 Å². The van der Waals surface area contributed by atoms with Gasteiger partial charge in [-0.05, 0) is 88.4 Å². The molecule has 0 spiro atoms. The molecule has 1 aliphatic heterocycles. The monoisotopic (exact) mass is 534 g/mol. The highest BCUT2D eigenvalue weighted by atomic mass is 16.6. The molecule has 4 heterocycles. The molecule has 1 saturated heterocycles. The summed E-state index contributed by atoms with van der Waals surface area (Å²) in [6, 6.07) is 20.5. The Morgan fingerprint density at radius 2 is 1.62 bits per heavy atom. The molecule has 0 saturated carbocycles. The van der Waals surface area contributed by atoms with E-state index >= 15 is 0 Å². The summed E-state index contributed by atoms with van der Waals surface area (Å²) in [5.74, 6) is 2.22. The van der Waals surface area contributed by atoms with Crippen LogP contribution in [0, 0.1) is 5.92 Å². The van der Waals surface area contributed by atoms with Gasteiger partial charge in [0.2, 0.25) is 0 Å². The molecule has 2 aromatic carbocycles. The van der Waals surface area contributed by atoms with E-state index < -0.39 is 11.7 Å². The Hall–Kier alpha value is -4.04. The van der Waals surface area contributed by atoms with E-state index in [-0.39, 0.29) is 0 Å². The number of carbonyl (C=O) groups is 1. The molecule has 7 rings (SSSR count). The van der Waals surface area contributed by atoms with Crippen LogP contribution in [-0.4, -0.2) is 47.2 Å². The molecule has 0 bridgehead atoms. The van der Waals surface area contributed by atoms with Crippen molar-refractivity contribution in [2.45, 2.75) is 64.8 Å². The SMILES string of the molecule is CC(C)(C)OC(=O)n1c(Cn2c(CN3CCC4CCc5cccnc5C43)nc3ccccc32)nc2ccccc21. The molecule has 40 heavy (non-hydrogen) atoms. The van der Waals surface area contributed by atoms with Crippen molar-refractivity contribution in [3.05, 3.63) is 89.8 Å². The van der Waals surface area contributed by atoms with Gasteiger partial charge in [-0.2, -0.15) is 0 Å². The number of aromatic nitrogens is 5. The Balaban J connectivity index is 1.29. The third-order valence-corrected chi connectivity index (χ3v) is 8.20. The fraction of sp³-hybridized carbons (Fsp3) is 0.375. The third-order valence-electron chi connectivity index (χ3n) is 8.20. The average molecular weight is 535 g/mol. The molecule has 2 unspecified atom stereocenters. The molecule has 8 nitrogen and oxygen atoms in total. The number of fused-ring (bicyclic) bond motifs is 5. The number of benzene rings is 2. The van der Waals surface area contributed by atoms with Crippen LogP contribution in [0.3, 0.4) is 0 Å². The Morgan fingerprint density at radius 1 is 0.900 bits per heavy atom. The number of ether oxygens (including phenoxy) is 1. The molecular weight excluding hydrogens is 500 g/mol. The van der Waals surface area contributed by atoms with Gasteiger partial charge in [-0.25, -0.2) is 19.3 Å². The maximum atomic E-state index is 13.4. The second-order valence-corrected chi connectivity index (χ2v) is 12.0. The van der Waals surface area contributed by atoms with Crippen LogP contribution in [0.1, 0.15) is 62.6 Å². The van der Waals surface area contributed by atoms with Crippen molar-refractivity contribution in [3.63, 3.8) is 0 Å². The van der Waals surface area contributed by atoms with Crippen molar-refractivity contribution >= 4 is 28.2 Å². The molecule has 2 atom stereocenters. The normalized spacial score (nSPS) is 19.2. The smallest absolute Gasteiger partial charge is 0.420 e. The van der Waals surface area contributed by atoms with E-state index in [2.05, 4.69) is 33.7 Å². The summed E-state index contributed by atoms with van der Waals surface area (Å²) in [5, 5.41) is 0. The second kappa shape index (κ2) is 9.55. The summed E-state index contributed by atoms with van der Waals surface area (Å²) in [7, 11) is 0. The number of nitrogens with zero attached hydrogens (tertiary/aromatic N) is 6. The summed E-state index contributed by atoms with van der Waals surface area (Å²) < 4.78 is 9.64. The Morgan fingerprint density at radius 3 is 2.42 bits per heavy atom. The highest BCUT2D eigenvalue weighted by Gasteiger charge is 2.40. The van der Waals surface area contributed by atoms with Gasteiger partial charge in [0.25, 0.3) is 0 Å². The Kier molecular flexibility index (Phi) is 5.96. The van der Waals surface area contributed by atoms with Crippen LogP contribution in [0.2, 0.25) is 0 Å². The van der Waals surface area contributed by atoms with Gasteiger partial charge in [0.1, 0.15) is 17.2 Å². The van der Waals surface area contributed by atoms with Crippen molar-refractivity contribution < 1.29 is 9.53 Å². The predicted octanol–water partition coefficient (Wildman–Crippen LogP) is 6.12. The number of likely N-dealkylation sites (tertiary alicyclic amines) is 1. The molecule has 0 amide bonds. The molecule has 0 N–H and O–H groups in total. The fourth-order valence-corrected chi connectivity index (χ4v) is 6.51. The van der Waals surface area contributed by atoms with E-state index in [1.165, 1.54) is 24.1 Å². The maximum absolute atomic E-state index is 13.4. The lowest BCUT2D eigenvalue weighted by molar-refractivity contribution is 0.0538. The molecule has 1 aliphatic carbocycles. The van der Waals surface area contributed by atoms with Gasteiger partial charge in [0, 0.05) is 6.20 Å². The first kappa shape index (κ1) is 25.0. The number of pyridine rings is 1. The maximum Gasteiger partial charge on any atom is 0.420 e. The lowest BCUT2D eigenvalue weighted by Crippen LogP contribution is -2.31. The standard InChI is InChI=1S/C32H34N6O2/c1-32(2,3)40-31(39)38-26-13-7-5-11-24(26)35-28(38)20-37-25-12-6-4-10-23(25)34-27(37)19-36-18-16-22-15-14-21-9-8-17-33-29(21)30(22)36/h4-13,17,22,30H,14-16,18-20H2,1-3H3. The van der Waals surface area contributed by atoms with E-state index in [1.54, 1.807) is 4.57 Å². The highest BCUT2D eigenvalue weighted by Crippen LogP contribution is 2.44. The molecule has 1 fully saturated rings. The third kappa shape index (κ3) is 4.36. The van der Waals surface area contributed by atoms with Crippen LogP contribution >= 0.6 is 0 Å². The molecular formula is C32H34N6O2. The van der Waals surface area contributed by atoms with Gasteiger partial charge in [-0.3, -0.25) is 9.88 Å². The zero-order chi connectivity index (χ0) is 27.4. The lowest BCUT2D eigenvalue weighted by atomic mass is 9.83. The summed E-state index contributed by atoms with van der Waals surface area (Å²) in [6.07, 6.45) is 4.99. The van der Waals surface area contributed by atoms with Crippen LogP contribution < -0.4 is 0 Å². The van der Waals surface area contributed by atoms with Crippen LogP contribution in [0.4, 0.5) is 4.79 Å². The first-order valence-electron chi connectivity index (χ1n) is 14.2. The van der Waals surface area contributed by atoms with E-state index in [9.17, 15) is 4.79 Å². The second-order valence-electron chi connectivity index (χ2n) is 12.0. The van der Waals surface area contributed by atoms with E-state index in [4.69, 9.17) is 19.7 Å². The largest absolute Gasteiger partial charge is 0.443 e. The molecule has 3 aromatic heterocycles. The first-order chi connectivity index (χ1) is 19.4. The number of aryl methyl sites for hydroxylation is 1.